The SMILES string of the molecule is [2H]C([2H])([2H])Oc1cc2c(c3oc(=O)c4c(c13)CCC4=O)[C@]1(O)C=CO[C@@H]1O2. The fraction of sp³-hybridized carbons (Fsp3) is 0.294. The molecule has 0 radical (unpaired) electrons. The van der Waals surface area contributed by atoms with Crippen molar-refractivity contribution in [1.29, 1.82) is 0 Å². The third-order valence-electron chi connectivity index (χ3n) is 4.72. The molecule has 1 N–H and O–H groups in total. The van der Waals surface area contributed by atoms with E-state index in [4.69, 9.17) is 22.7 Å². The van der Waals surface area contributed by atoms with Gasteiger partial charge < -0.3 is 23.7 Å². The van der Waals surface area contributed by atoms with Gasteiger partial charge in [0.05, 0.1) is 28.4 Å². The number of fused-ring (bicyclic) bond motifs is 7. The van der Waals surface area contributed by atoms with Gasteiger partial charge in [-0.2, -0.15) is 0 Å². The van der Waals surface area contributed by atoms with Crippen molar-refractivity contribution in [3.8, 4) is 11.5 Å². The van der Waals surface area contributed by atoms with Crippen LogP contribution in [0.2, 0.25) is 0 Å². The Morgan fingerprint density at radius 3 is 3.12 bits per heavy atom. The second-order valence-electron chi connectivity index (χ2n) is 5.93. The van der Waals surface area contributed by atoms with E-state index < -0.39 is 24.6 Å². The molecule has 1 aliphatic carbocycles. The van der Waals surface area contributed by atoms with Crippen LogP contribution >= 0.6 is 0 Å². The van der Waals surface area contributed by atoms with E-state index in [1.54, 1.807) is 0 Å². The second kappa shape index (κ2) is 4.18. The molecule has 7 nitrogen and oxygen atoms in total. The van der Waals surface area contributed by atoms with Crippen molar-refractivity contribution < 1.29 is 32.6 Å². The summed E-state index contributed by atoms with van der Waals surface area (Å²) in [6, 6.07) is 1.31. The molecule has 24 heavy (non-hydrogen) atoms. The van der Waals surface area contributed by atoms with Gasteiger partial charge in [0.2, 0.25) is 0 Å². The molecule has 122 valence electrons. The number of Topliss-reactive ketones (excluding diaryl/α,β-unsaturated/α-hetero) is 1. The molecule has 2 aromatic rings. The normalized spacial score (nSPS) is 28.5. The summed E-state index contributed by atoms with van der Waals surface area (Å²) in [7, 11) is -2.78. The van der Waals surface area contributed by atoms with E-state index in [-0.39, 0.29) is 52.2 Å². The molecule has 1 aromatic heterocycles. The zero-order valence-electron chi connectivity index (χ0n) is 15.1. The lowest BCUT2D eigenvalue weighted by Crippen LogP contribution is -2.33. The molecule has 2 aliphatic heterocycles. The molecule has 5 rings (SSSR count). The molecule has 0 fully saturated rings. The number of aryl methyl sites for hydroxylation is 1. The summed E-state index contributed by atoms with van der Waals surface area (Å²) in [6.07, 6.45) is 1.86. The number of hydrogen-bond acceptors (Lipinski definition) is 7. The number of ketones is 1. The summed E-state index contributed by atoms with van der Waals surface area (Å²) in [4.78, 5) is 24.5. The standard InChI is InChI=1S/C17H12O7/c1-21-9-6-10-13(17(20)4-5-22-16(17)23-10)14-12(9)7-2-3-8(18)11(7)15(19)24-14/h4-6,16,20H,2-3H2,1H3/t16-,17-/m1/s1/i1D3. The Balaban J connectivity index is 1.91. The Morgan fingerprint density at radius 1 is 1.42 bits per heavy atom. The van der Waals surface area contributed by atoms with E-state index in [1.165, 1.54) is 18.4 Å². The van der Waals surface area contributed by atoms with Gasteiger partial charge in [-0.3, -0.25) is 4.79 Å². The topological polar surface area (TPSA) is 95.2 Å². The molecule has 1 aromatic carbocycles. The van der Waals surface area contributed by atoms with Crippen LogP contribution in [0.4, 0.5) is 0 Å². The quantitative estimate of drug-likeness (QED) is 0.789. The Kier molecular flexibility index (Phi) is 1.90. The lowest BCUT2D eigenvalue weighted by atomic mass is 9.92. The Labute approximate surface area is 139 Å². The highest BCUT2D eigenvalue weighted by molar-refractivity contribution is 6.06. The number of hydrogen-bond donors (Lipinski definition) is 1. The first-order chi connectivity index (χ1) is 12.7. The summed E-state index contributed by atoms with van der Waals surface area (Å²) in [5, 5.41) is 11.1. The molecule has 2 atom stereocenters. The maximum absolute atomic E-state index is 12.4. The van der Waals surface area contributed by atoms with Crippen LogP contribution in [-0.2, 0) is 16.8 Å². The fourth-order valence-corrected chi connectivity index (χ4v) is 3.67. The molecular formula is C17H12O7. The van der Waals surface area contributed by atoms with Crippen LogP contribution in [0.3, 0.4) is 0 Å². The van der Waals surface area contributed by atoms with E-state index in [0.717, 1.165) is 0 Å². The number of ether oxygens (including phenoxy) is 3. The van der Waals surface area contributed by atoms with Gasteiger partial charge in [0.25, 0.3) is 6.29 Å². The van der Waals surface area contributed by atoms with Crippen LogP contribution < -0.4 is 15.1 Å². The summed E-state index contributed by atoms with van der Waals surface area (Å²) < 4.78 is 43.5. The fourth-order valence-electron chi connectivity index (χ4n) is 3.67. The zero-order valence-corrected chi connectivity index (χ0v) is 12.1. The molecule has 0 saturated carbocycles. The van der Waals surface area contributed by atoms with Gasteiger partial charge in [-0.1, -0.05) is 0 Å². The van der Waals surface area contributed by atoms with Crippen LogP contribution in [0.1, 0.15) is 32.0 Å². The van der Waals surface area contributed by atoms with Crippen molar-refractivity contribution in [2.75, 3.05) is 7.04 Å². The molecular weight excluding hydrogens is 316 g/mol. The first kappa shape index (κ1) is 10.9. The minimum atomic E-state index is -2.78. The highest BCUT2D eigenvalue weighted by Gasteiger charge is 2.53. The molecule has 0 unspecified atom stereocenters. The van der Waals surface area contributed by atoms with Crippen molar-refractivity contribution in [1.82, 2.24) is 0 Å². The van der Waals surface area contributed by atoms with E-state index in [2.05, 4.69) is 0 Å². The maximum atomic E-state index is 12.4. The summed E-state index contributed by atoms with van der Waals surface area (Å²) in [5.74, 6) is -0.421. The number of carbonyl (C=O) groups is 1. The molecule has 0 saturated heterocycles. The van der Waals surface area contributed by atoms with Crippen molar-refractivity contribution >= 4 is 16.8 Å². The average Bonchev–Trinajstić information content (AvgIpc) is 3.17. The van der Waals surface area contributed by atoms with Gasteiger partial charge in [0.15, 0.2) is 17.0 Å². The van der Waals surface area contributed by atoms with Crippen molar-refractivity contribution in [3.63, 3.8) is 0 Å². The Bertz CT molecular complexity index is 1110. The predicted octanol–water partition coefficient (Wildman–Crippen LogP) is 1.38. The zero-order chi connectivity index (χ0) is 19.1. The van der Waals surface area contributed by atoms with Gasteiger partial charge in [0, 0.05) is 12.5 Å². The minimum absolute atomic E-state index is 0.0750. The predicted molar refractivity (Wildman–Crippen MR) is 80.2 cm³/mol. The molecule has 7 heteroatoms. The van der Waals surface area contributed by atoms with Gasteiger partial charge >= 0.3 is 5.63 Å². The molecule has 3 heterocycles. The molecule has 0 spiro atoms. The minimum Gasteiger partial charge on any atom is -0.496 e. The van der Waals surface area contributed by atoms with Gasteiger partial charge in [-0.25, -0.2) is 4.79 Å². The van der Waals surface area contributed by atoms with E-state index in [1.807, 2.05) is 0 Å². The third-order valence-corrected chi connectivity index (χ3v) is 4.72. The van der Waals surface area contributed by atoms with Crippen LogP contribution in [0.5, 0.6) is 11.5 Å². The number of benzene rings is 1. The average molecular weight is 331 g/mol. The van der Waals surface area contributed by atoms with Crippen molar-refractivity contribution in [2.24, 2.45) is 0 Å². The van der Waals surface area contributed by atoms with Crippen molar-refractivity contribution in [3.05, 3.63) is 45.5 Å². The van der Waals surface area contributed by atoms with Crippen LogP contribution in [-0.4, -0.2) is 24.2 Å². The summed E-state index contributed by atoms with van der Waals surface area (Å²) in [5.41, 5.74) is -2.26. The Morgan fingerprint density at radius 2 is 2.29 bits per heavy atom. The number of carbonyl (C=O) groups excluding carboxylic acids is 1. The van der Waals surface area contributed by atoms with Crippen LogP contribution in [0, 0.1) is 0 Å². The summed E-state index contributed by atoms with van der Waals surface area (Å²) >= 11 is 0. The third kappa shape index (κ3) is 1.41. The number of aliphatic hydroxyl groups is 1. The van der Waals surface area contributed by atoms with Gasteiger partial charge in [0.1, 0.15) is 17.1 Å². The highest BCUT2D eigenvalue weighted by Crippen LogP contribution is 2.52. The molecule has 3 aliphatic rings. The van der Waals surface area contributed by atoms with Gasteiger partial charge in [-0.15, -0.1) is 0 Å². The number of rotatable bonds is 1. The first-order valence-electron chi connectivity index (χ1n) is 8.80. The number of methoxy groups -OCH3 is 1. The van der Waals surface area contributed by atoms with E-state index in [0.29, 0.717) is 5.56 Å². The van der Waals surface area contributed by atoms with E-state index >= 15 is 0 Å². The van der Waals surface area contributed by atoms with Crippen LogP contribution in [0.25, 0.3) is 11.0 Å². The first-order valence-corrected chi connectivity index (χ1v) is 7.30. The maximum Gasteiger partial charge on any atom is 0.347 e. The Hall–Kier alpha value is -2.80. The highest BCUT2D eigenvalue weighted by atomic mass is 16.7. The monoisotopic (exact) mass is 331 g/mol. The van der Waals surface area contributed by atoms with Crippen molar-refractivity contribution in [2.45, 2.75) is 24.7 Å². The van der Waals surface area contributed by atoms with Crippen LogP contribution in [0.15, 0.2) is 27.6 Å². The smallest absolute Gasteiger partial charge is 0.347 e. The summed E-state index contributed by atoms with van der Waals surface area (Å²) in [6.45, 7) is 0. The van der Waals surface area contributed by atoms with E-state index in [9.17, 15) is 14.7 Å². The second-order valence-corrected chi connectivity index (χ2v) is 5.93. The largest absolute Gasteiger partial charge is 0.496 e. The lowest BCUT2D eigenvalue weighted by Gasteiger charge is -2.19. The molecule has 0 amide bonds. The lowest BCUT2D eigenvalue weighted by molar-refractivity contribution is -0.109. The van der Waals surface area contributed by atoms with Gasteiger partial charge in [-0.05, 0) is 18.1 Å². The molecule has 0 bridgehead atoms.